The molecule has 28 heavy (non-hydrogen) atoms. The van der Waals surface area contributed by atoms with Crippen LogP contribution in [0.5, 0.6) is 0 Å². The predicted octanol–water partition coefficient (Wildman–Crippen LogP) is 4.01. The van der Waals surface area contributed by atoms with Crippen molar-refractivity contribution in [1.29, 1.82) is 0 Å². The molecule has 1 heterocycles. The Labute approximate surface area is 169 Å². The standard InChI is InChI=1S/C22H25N3O2S/c1-5-16(4)23-19(26)13-28-22-24-18-12-7-6-11-17(18)21(27)25(22)20-14(2)9-8-10-15(20)3/h6-12,16H,5,13H2,1-4H3,(H,23,26)/t16-/m1/s1. The molecular weight excluding hydrogens is 370 g/mol. The number of fused-ring (bicyclic) bond motifs is 1. The molecule has 146 valence electrons. The Bertz CT molecular complexity index is 1050. The van der Waals surface area contributed by atoms with E-state index in [4.69, 9.17) is 4.98 Å². The summed E-state index contributed by atoms with van der Waals surface area (Å²) in [6.07, 6.45) is 0.873. The topological polar surface area (TPSA) is 64.0 Å². The summed E-state index contributed by atoms with van der Waals surface area (Å²) in [5, 5.41) is 4.05. The van der Waals surface area contributed by atoms with Crippen LogP contribution in [0.4, 0.5) is 0 Å². The van der Waals surface area contributed by atoms with Gasteiger partial charge in [0.2, 0.25) is 5.91 Å². The fourth-order valence-electron chi connectivity index (χ4n) is 3.11. The number of amides is 1. The van der Waals surface area contributed by atoms with Crippen molar-refractivity contribution >= 4 is 28.6 Å². The fraction of sp³-hybridized carbons (Fsp3) is 0.318. The number of benzene rings is 2. The molecule has 2 aromatic carbocycles. The number of hydrogen-bond donors (Lipinski definition) is 1. The second-order valence-corrected chi connectivity index (χ2v) is 7.90. The van der Waals surface area contributed by atoms with Crippen LogP contribution in [0.1, 0.15) is 31.4 Å². The molecule has 6 heteroatoms. The van der Waals surface area contributed by atoms with Gasteiger partial charge in [-0.25, -0.2) is 4.98 Å². The highest BCUT2D eigenvalue weighted by Gasteiger charge is 2.17. The zero-order chi connectivity index (χ0) is 20.3. The first-order valence-corrected chi connectivity index (χ1v) is 10.4. The zero-order valence-corrected chi connectivity index (χ0v) is 17.5. The van der Waals surface area contributed by atoms with Crippen molar-refractivity contribution in [3.05, 3.63) is 63.9 Å². The molecule has 0 spiro atoms. The molecule has 0 saturated carbocycles. The zero-order valence-electron chi connectivity index (χ0n) is 16.7. The Kier molecular flexibility index (Phi) is 6.19. The molecule has 1 N–H and O–H groups in total. The van der Waals surface area contributed by atoms with Gasteiger partial charge in [0.05, 0.1) is 22.3 Å². The Morgan fingerprint density at radius 3 is 2.50 bits per heavy atom. The van der Waals surface area contributed by atoms with Gasteiger partial charge in [-0.3, -0.25) is 14.2 Å². The molecule has 0 saturated heterocycles. The minimum Gasteiger partial charge on any atom is -0.353 e. The summed E-state index contributed by atoms with van der Waals surface area (Å²) in [4.78, 5) is 30.3. The molecule has 0 aliphatic heterocycles. The monoisotopic (exact) mass is 395 g/mol. The van der Waals surface area contributed by atoms with E-state index >= 15 is 0 Å². The first-order valence-electron chi connectivity index (χ1n) is 9.43. The Hall–Kier alpha value is -2.60. The number of nitrogens with zero attached hydrogens (tertiary/aromatic N) is 2. The van der Waals surface area contributed by atoms with Gasteiger partial charge < -0.3 is 5.32 Å². The lowest BCUT2D eigenvalue weighted by Crippen LogP contribution is -2.33. The largest absolute Gasteiger partial charge is 0.353 e. The highest BCUT2D eigenvalue weighted by molar-refractivity contribution is 7.99. The first-order chi connectivity index (χ1) is 13.4. The van der Waals surface area contributed by atoms with Crippen molar-refractivity contribution in [2.24, 2.45) is 0 Å². The summed E-state index contributed by atoms with van der Waals surface area (Å²) >= 11 is 1.29. The molecule has 1 aromatic heterocycles. The van der Waals surface area contributed by atoms with Crippen LogP contribution in [0.2, 0.25) is 0 Å². The van der Waals surface area contributed by atoms with Crippen molar-refractivity contribution in [2.45, 2.75) is 45.3 Å². The number of carbonyl (C=O) groups excluding carboxylic acids is 1. The summed E-state index contributed by atoms with van der Waals surface area (Å²) in [5.74, 6) is 0.148. The molecule has 0 radical (unpaired) electrons. The summed E-state index contributed by atoms with van der Waals surface area (Å²) in [7, 11) is 0. The van der Waals surface area contributed by atoms with E-state index in [-0.39, 0.29) is 23.3 Å². The molecule has 3 rings (SSSR count). The van der Waals surface area contributed by atoms with Crippen molar-refractivity contribution in [1.82, 2.24) is 14.9 Å². The van der Waals surface area contributed by atoms with E-state index < -0.39 is 0 Å². The Morgan fingerprint density at radius 1 is 1.14 bits per heavy atom. The van der Waals surface area contributed by atoms with Gasteiger partial charge in [-0.05, 0) is 50.5 Å². The van der Waals surface area contributed by atoms with Crippen molar-refractivity contribution in [3.8, 4) is 5.69 Å². The van der Waals surface area contributed by atoms with Crippen LogP contribution in [0.15, 0.2) is 52.4 Å². The normalized spacial score (nSPS) is 12.1. The van der Waals surface area contributed by atoms with Crippen LogP contribution in [0, 0.1) is 13.8 Å². The van der Waals surface area contributed by atoms with Crippen LogP contribution >= 0.6 is 11.8 Å². The van der Waals surface area contributed by atoms with Crippen LogP contribution in [0.25, 0.3) is 16.6 Å². The van der Waals surface area contributed by atoms with Gasteiger partial charge in [-0.1, -0.05) is 49.0 Å². The SMILES string of the molecule is CC[C@@H](C)NC(=O)CSc1nc2ccccc2c(=O)n1-c1c(C)cccc1C. The lowest BCUT2D eigenvalue weighted by Gasteiger charge is -2.17. The highest BCUT2D eigenvalue weighted by atomic mass is 32.2. The van der Waals surface area contributed by atoms with Gasteiger partial charge >= 0.3 is 0 Å². The molecule has 0 bridgehead atoms. The number of hydrogen-bond acceptors (Lipinski definition) is 4. The second kappa shape index (κ2) is 8.61. The predicted molar refractivity (Wildman–Crippen MR) is 115 cm³/mol. The third-order valence-corrected chi connectivity index (χ3v) is 5.70. The van der Waals surface area contributed by atoms with E-state index in [2.05, 4.69) is 5.32 Å². The lowest BCUT2D eigenvalue weighted by molar-refractivity contribution is -0.119. The maximum Gasteiger partial charge on any atom is 0.266 e. The Balaban J connectivity index is 2.10. The molecule has 1 amide bonds. The Morgan fingerprint density at radius 2 is 1.82 bits per heavy atom. The third kappa shape index (κ3) is 4.12. The number of aromatic nitrogens is 2. The summed E-state index contributed by atoms with van der Waals surface area (Å²) in [5.41, 5.74) is 3.33. The molecule has 0 fully saturated rings. The quantitative estimate of drug-likeness (QED) is 0.506. The first kappa shape index (κ1) is 20.1. The average molecular weight is 396 g/mol. The molecule has 3 aromatic rings. The summed E-state index contributed by atoms with van der Waals surface area (Å²) < 4.78 is 1.65. The number of para-hydroxylation sites is 2. The molecule has 0 unspecified atom stereocenters. The van der Waals surface area contributed by atoms with Crippen LogP contribution in [0.3, 0.4) is 0 Å². The number of rotatable bonds is 6. The average Bonchev–Trinajstić information content (AvgIpc) is 2.68. The second-order valence-electron chi connectivity index (χ2n) is 6.96. The van der Waals surface area contributed by atoms with Gasteiger partial charge in [0.15, 0.2) is 5.16 Å². The van der Waals surface area contributed by atoms with Gasteiger partial charge in [-0.2, -0.15) is 0 Å². The summed E-state index contributed by atoms with van der Waals surface area (Å²) in [6, 6.07) is 13.4. The number of aryl methyl sites for hydroxylation is 2. The van der Waals surface area contributed by atoms with Gasteiger partial charge in [0.25, 0.3) is 5.56 Å². The van der Waals surface area contributed by atoms with Gasteiger partial charge in [0, 0.05) is 6.04 Å². The molecule has 5 nitrogen and oxygen atoms in total. The molecule has 0 aliphatic rings. The molecule has 1 atom stereocenters. The third-order valence-electron chi connectivity index (χ3n) is 4.76. The van der Waals surface area contributed by atoms with E-state index in [1.54, 1.807) is 10.6 Å². The molecule has 0 aliphatic carbocycles. The van der Waals surface area contributed by atoms with Crippen LogP contribution in [-0.4, -0.2) is 27.3 Å². The van der Waals surface area contributed by atoms with Crippen molar-refractivity contribution in [3.63, 3.8) is 0 Å². The summed E-state index contributed by atoms with van der Waals surface area (Å²) in [6.45, 7) is 7.97. The number of carbonyl (C=O) groups is 1. The van der Waals surface area contributed by atoms with Crippen molar-refractivity contribution in [2.75, 3.05) is 5.75 Å². The highest BCUT2D eigenvalue weighted by Crippen LogP contribution is 2.25. The van der Waals surface area contributed by atoms with E-state index in [0.717, 1.165) is 23.2 Å². The lowest BCUT2D eigenvalue weighted by atomic mass is 10.1. The molecular formula is C22H25N3O2S. The van der Waals surface area contributed by atoms with Crippen molar-refractivity contribution < 1.29 is 4.79 Å². The number of thioether (sulfide) groups is 1. The smallest absolute Gasteiger partial charge is 0.266 e. The van der Waals surface area contributed by atoms with E-state index in [0.29, 0.717) is 16.1 Å². The minimum atomic E-state index is -0.118. The van der Waals surface area contributed by atoms with E-state index in [1.165, 1.54) is 11.8 Å². The van der Waals surface area contributed by atoms with E-state index in [1.807, 2.05) is 64.1 Å². The van der Waals surface area contributed by atoms with Crippen LogP contribution in [-0.2, 0) is 4.79 Å². The van der Waals surface area contributed by atoms with E-state index in [9.17, 15) is 9.59 Å². The van der Waals surface area contributed by atoms with Gasteiger partial charge in [-0.15, -0.1) is 0 Å². The fourth-order valence-corrected chi connectivity index (χ4v) is 3.92. The van der Waals surface area contributed by atoms with Gasteiger partial charge in [0.1, 0.15) is 0 Å². The number of nitrogens with one attached hydrogen (secondary N) is 1. The maximum absolute atomic E-state index is 13.3. The maximum atomic E-state index is 13.3. The minimum absolute atomic E-state index is 0.0604. The van der Waals surface area contributed by atoms with Crippen LogP contribution < -0.4 is 10.9 Å².